The molecule has 1 unspecified atom stereocenters. The minimum Gasteiger partial charge on any atom is -0.350 e. The van der Waals surface area contributed by atoms with Crippen LogP contribution in [0.3, 0.4) is 0 Å². The van der Waals surface area contributed by atoms with Crippen molar-refractivity contribution in [2.75, 3.05) is 11.5 Å². The maximum atomic E-state index is 11.9. The molecule has 0 spiro atoms. The Hall–Kier alpha value is -1.56. The average molecular weight is 265 g/mol. The van der Waals surface area contributed by atoms with E-state index in [2.05, 4.69) is 15.6 Å². The molecule has 0 bridgehead atoms. The summed E-state index contributed by atoms with van der Waals surface area (Å²) < 4.78 is 0. The smallest absolute Gasteiger partial charge is 0.243 e. The topological polar surface area (TPSA) is 71.1 Å². The number of thioether (sulfide) groups is 1. The van der Waals surface area contributed by atoms with E-state index in [1.807, 2.05) is 12.1 Å². The minimum absolute atomic E-state index is 0.0541. The third-order valence-corrected chi connectivity index (χ3v) is 3.66. The Morgan fingerprint density at radius 1 is 1.61 bits per heavy atom. The normalized spacial score (nSPS) is 19.8. The highest BCUT2D eigenvalue weighted by molar-refractivity contribution is 7.99. The first kappa shape index (κ1) is 12.9. The molecule has 96 valence electrons. The highest BCUT2D eigenvalue weighted by atomic mass is 32.2. The van der Waals surface area contributed by atoms with Crippen LogP contribution in [0.25, 0.3) is 0 Å². The molecule has 1 aliphatic heterocycles. The Balaban J connectivity index is 1.85. The highest BCUT2D eigenvalue weighted by Crippen LogP contribution is 2.09. The van der Waals surface area contributed by atoms with Gasteiger partial charge in [-0.1, -0.05) is 6.07 Å². The lowest BCUT2D eigenvalue weighted by Gasteiger charge is -2.15. The number of pyridine rings is 1. The fourth-order valence-electron chi connectivity index (χ4n) is 1.63. The number of hydrogen-bond acceptors (Lipinski definition) is 4. The first-order valence-corrected chi connectivity index (χ1v) is 6.95. The van der Waals surface area contributed by atoms with E-state index in [0.29, 0.717) is 18.7 Å². The molecular weight excluding hydrogens is 250 g/mol. The summed E-state index contributed by atoms with van der Waals surface area (Å²) >= 11 is 1.62. The van der Waals surface area contributed by atoms with Crippen LogP contribution < -0.4 is 10.6 Å². The highest BCUT2D eigenvalue weighted by Gasteiger charge is 2.22. The lowest BCUT2D eigenvalue weighted by molar-refractivity contribution is -0.128. The van der Waals surface area contributed by atoms with Gasteiger partial charge in [-0.25, -0.2) is 0 Å². The SMILES string of the molecule is O=C1CCSCC(C(=O)NCc2cccnc2)N1. The molecule has 2 rings (SSSR count). The van der Waals surface area contributed by atoms with E-state index in [-0.39, 0.29) is 11.8 Å². The largest absolute Gasteiger partial charge is 0.350 e. The molecule has 0 radical (unpaired) electrons. The molecule has 0 aliphatic carbocycles. The molecule has 2 amide bonds. The Bertz CT molecular complexity index is 425. The molecule has 5 nitrogen and oxygen atoms in total. The maximum Gasteiger partial charge on any atom is 0.243 e. The van der Waals surface area contributed by atoms with Crippen LogP contribution in [0.1, 0.15) is 12.0 Å². The summed E-state index contributed by atoms with van der Waals surface area (Å²) in [6.45, 7) is 0.434. The molecule has 2 N–H and O–H groups in total. The third kappa shape index (κ3) is 3.73. The molecule has 6 heteroatoms. The first-order chi connectivity index (χ1) is 8.75. The van der Waals surface area contributed by atoms with Crippen molar-refractivity contribution in [3.05, 3.63) is 30.1 Å². The number of nitrogens with one attached hydrogen (secondary N) is 2. The molecule has 1 aromatic rings. The lowest BCUT2D eigenvalue weighted by atomic mass is 10.2. The lowest BCUT2D eigenvalue weighted by Crippen LogP contribution is -2.47. The Labute approximate surface area is 110 Å². The van der Waals surface area contributed by atoms with Crippen LogP contribution >= 0.6 is 11.8 Å². The molecule has 0 saturated carbocycles. The molecule has 1 aromatic heterocycles. The predicted molar refractivity (Wildman–Crippen MR) is 70.0 cm³/mol. The van der Waals surface area contributed by atoms with Crippen LogP contribution in [0, 0.1) is 0 Å². The molecule has 18 heavy (non-hydrogen) atoms. The van der Waals surface area contributed by atoms with Gasteiger partial charge in [0.1, 0.15) is 6.04 Å². The molecule has 1 saturated heterocycles. The molecule has 1 atom stereocenters. The van der Waals surface area contributed by atoms with Crippen molar-refractivity contribution in [2.24, 2.45) is 0 Å². The second-order valence-corrected chi connectivity index (χ2v) is 5.17. The Morgan fingerprint density at radius 2 is 2.50 bits per heavy atom. The summed E-state index contributed by atoms with van der Waals surface area (Å²) in [5.41, 5.74) is 0.943. The summed E-state index contributed by atoms with van der Waals surface area (Å²) in [4.78, 5) is 27.2. The van der Waals surface area contributed by atoms with E-state index in [0.717, 1.165) is 11.3 Å². The van der Waals surface area contributed by atoms with Gasteiger partial charge in [-0.05, 0) is 11.6 Å². The quantitative estimate of drug-likeness (QED) is 0.825. The molecular formula is C12H15N3O2S. The van der Waals surface area contributed by atoms with Crippen LogP contribution in [0.2, 0.25) is 0 Å². The van der Waals surface area contributed by atoms with Gasteiger partial charge in [0.05, 0.1) is 0 Å². The van der Waals surface area contributed by atoms with E-state index in [9.17, 15) is 9.59 Å². The van der Waals surface area contributed by atoms with Gasteiger partial charge in [-0.3, -0.25) is 14.6 Å². The fraction of sp³-hybridized carbons (Fsp3) is 0.417. The number of rotatable bonds is 3. The van der Waals surface area contributed by atoms with Crippen LogP contribution in [-0.4, -0.2) is 34.3 Å². The van der Waals surface area contributed by atoms with Gasteiger partial charge in [0, 0.05) is 36.9 Å². The summed E-state index contributed by atoms with van der Waals surface area (Å²) in [6.07, 6.45) is 3.88. The van der Waals surface area contributed by atoms with E-state index >= 15 is 0 Å². The molecule has 2 heterocycles. The summed E-state index contributed by atoms with van der Waals surface area (Å²) in [5.74, 6) is 1.21. The Morgan fingerprint density at radius 3 is 3.28 bits per heavy atom. The van der Waals surface area contributed by atoms with Crippen LogP contribution in [0.5, 0.6) is 0 Å². The molecule has 0 aromatic carbocycles. The van der Waals surface area contributed by atoms with Crippen molar-refractivity contribution in [1.29, 1.82) is 0 Å². The number of hydrogen-bond donors (Lipinski definition) is 2. The maximum absolute atomic E-state index is 11.9. The summed E-state index contributed by atoms with van der Waals surface area (Å²) in [7, 11) is 0. The molecule has 1 fully saturated rings. The van der Waals surface area contributed by atoms with Crippen LogP contribution in [-0.2, 0) is 16.1 Å². The number of amides is 2. The number of aromatic nitrogens is 1. The third-order valence-electron chi connectivity index (χ3n) is 2.60. The number of carbonyl (C=O) groups excluding carboxylic acids is 2. The predicted octanol–water partition coefficient (Wildman–Crippen LogP) is 0.319. The van der Waals surface area contributed by atoms with Crippen molar-refractivity contribution < 1.29 is 9.59 Å². The van der Waals surface area contributed by atoms with Crippen molar-refractivity contribution in [3.8, 4) is 0 Å². The van der Waals surface area contributed by atoms with E-state index in [4.69, 9.17) is 0 Å². The first-order valence-electron chi connectivity index (χ1n) is 5.79. The van der Waals surface area contributed by atoms with Crippen LogP contribution in [0.15, 0.2) is 24.5 Å². The van der Waals surface area contributed by atoms with E-state index < -0.39 is 6.04 Å². The van der Waals surface area contributed by atoms with Gasteiger partial charge in [-0.2, -0.15) is 11.8 Å². The van der Waals surface area contributed by atoms with E-state index in [1.54, 1.807) is 24.2 Å². The monoisotopic (exact) mass is 265 g/mol. The van der Waals surface area contributed by atoms with Gasteiger partial charge in [-0.15, -0.1) is 0 Å². The van der Waals surface area contributed by atoms with Crippen molar-refractivity contribution in [2.45, 2.75) is 19.0 Å². The number of nitrogens with zero attached hydrogens (tertiary/aromatic N) is 1. The van der Waals surface area contributed by atoms with Crippen molar-refractivity contribution >= 4 is 23.6 Å². The molecule has 1 aliphatic rings. The van der Waals surface area contributed by atoms with Gasteiger partial charge < -0.3 is 10.6 Å². The van der Waals surface area contributed by atoms with Gasteiger partial charge in [0.2, 0.25) is 11.8 Å². The van der Waals surface area contributed by atoms with Gasteiger partial charge >= 0.3 is 0 Å². The van der Waals surface area contributed by atoms with Crippen molar-refractivity contribution in [1.82, 2.24) is 15.6 Å². The van der Waals surface area contributed by atoms with E-state index in [1.165, 1.54) is 0 Å². The summed E-state index contributed by atoms with van der Waals surface area (Å²) in [6, 6.07) is 3.29. The van der Waals surface area contributed by atoms with Gasteiger partial charge in [0.15, 0.2) is 0 Å². The van der Waals surface area contributed by atoms with Gasteiger partial charge in [0.25, 0.3) is 0 Å². The second kappa shape index (κ2) is 6.39. The standard InChI is InChI=1S/C12H15N3O2S/c16-11-3-5-18-8-10(15-11)12(17)14-7-9-2-1-4-13-6-9/h1-2,4,6,10H,3,5,7-8H2,(H,14,17)(H,15,16). The second-order valence-electron chi connectivity index (χ2n) is 4.02. The zero-order valence-corrected chi connectivity index (χ0v) is 10.7. The summed E-state index contributed by atoms with van der Waals surface area (Å²) in [5, 5.41) is 5.54. The fourth-order valence-corrected chi connectivity index (χ4v) is 2.60. The van der Waals surface area contributed by atoms with Crippen LogP contribution in [0.4, 0.5) is 0 Å². The minimum atomic E-state index is -0.429. The number of carbonyl (C=O) groups is 2. The Kier molecular flexibility index (Phi) is 4.58. The average Bonchev–Trinajstić information content (AvgIpc) is 2.62. The van der Waals surface area contributed by atoms with Crippen molar-refractivity contribution in [3.63, 3.8) is 0 Å². The zero-order chi connectivity index (χ0) is 12.8. The zero-order valence-electron chi connectivity index (χ0n) is 9.89.